The summed E-state index contributed by atoms with van der Waals surface area (Å²) >= 11 is 0. The summed E-state index contributed by atoms with van der Waals surface area (Å²) in [6.07, 6.45) is 0. The van der Waals surface area contributed by atoms with Crippen LogP contribution in [0.2, 0.25) is 0 Å². The molecule has 442 valence electrons. The largest absolute Gasteiger partial charge is 0.311 e. The van der Waals surface area contributed by atoms with Crippen molar-refractivity contribution in [1.82, 2.24) is 4.57 Å². The minimum Gasteiger partial charge on any atom is -0.311 e. The van der Waals surface area contributed by atoms with Gasteiger partial charge in [-0.05, 0) is 197 Å². The van der Waals surface area contributed by atoms with Crippen LogP contribution in [0.1, 0.15) is 5.56 Å². The first-order valence-corrected chi connectivity index (χ1v) is 31.9. The minimum absolute atomic E-state index is 0.132. The number of nitrogens with zero attached hydrogens (tertiary/aromatic N) is 7. The van der Waals surface area contributed by atoms with Crippen LogP contribution in [0.3, 0.4) is 0 Å². The summed E-state index contributed by atoms with van der Waals surface area (Å²) in [6, 6.07) is 114. The first kappa shape index (κ1) is 56.5. The molecular formula is C88H52BN7. The van der Waals surface area contributed by atoms with Crippen LogP contribution >= 0.6 is 0 Å². The first-order chi connectivity index (χ1) is 47.4. The second-order valence-corrected chi connectivity index (χ2v) is 24.3. The van der Waals surface area contributed by atoms with Crippen LogP contribution in [0, 0.1) is 31.0 Å². The Labute approximate surface area is 557 Å². The van der Waals surface area contributed by atoms with E-state index >= 15 is 0 Å². The molecule has 0 fully saturated rings. The van der Waals surface area contributed by atoms with Crippen LogP contribution in [0.25, 0.3) is 120 Å². The molecule has 0 aliphatic carbocycles. The lowest BCUT2D eigenvalue weighted by Crippen LogP contribution is -2.61. The number of hydrogen-bond acceptors (Lipinski definition) is 3. The lowest BCUT2D eigenvalue weighted by atomic mass is 9.33. The summed E-state index contributed by atoms with van der Waals surface area (Å²) in [5.41, 5.74) is 28.2. The van der Waals surface area contributed by atoms with Crippen LogP contribution < -0.4 is 26.2 Å². The van der Waals surface area contributed by atoms with Gasteiger partial charge < -0.3 is 14.4 Å². The number of hydrogen-bond donors (Lipinski definition) is 0. The molecule has 14 aromatic carbocycles. The normalized spacial score (nSPS) is 11.9. The van der Waals surface area contributed by atoms with Gasteiger partial charge >= 0.3 is 0 Å². The summed E-state index contributed by atoms with van der Waals surface area (Å²) < 4.78 is 2.28. The summed E-state index contributed by atoms with van der Waals surface area (Å²) in [5, 5.41) is 12.1. The second kappa shape index (κ2) is 23.3. The molecule has 96 heavy (non-hydrogen) atoms. The fraction of sp³-hybridized carbons (Fsp3) is 0. The molecule has 0 saturated heterocycles. The summed E-state index contributed by atoms with van der Waals surface area (Å²) in [5.74, 6) is 0. The Bertz CT molecular complexity index is 5540. The smallest absolute Gasteiger partial charge is 0.252 e. The standard InChI is InChI=1S/C88H52BN7/c1-91-69-39-41-72(80(55-69)93-3)63-38-43-82(75(52-63)73-40-36-57(56-90)44-79(73)92-2)96-81-33-19-16-30-74(81)76-51-62(37-42-83(76)96)68-53-86-88-87(54-68)95(71-49-66(60-26-12-6-13-27-60)46-67(50-71)61-28-14-7-15-29-61)85-35-21-18-32-78(85)89(88)77-31-17-20-34-84(77)94(86)70-47-64(58-22-8-4-9-23-58)45-65(48-70)59-24-10-5-11-25-59/h4-55H. The monoisotopic (exact) mass is 1220 g/mol. The van der Waals surface area contributed by atoms with E-state index in [9.17, 15) is 5.26 Å². The highest BCUT2D eigenvalue weighted by Crippen LogP contribution is 2.50. The lowest BCUT2D eigenvalue weighted by molar-refractivity contribution is 1.18. The third-order valence-electron chi connectivity index (χ3n) is 19.0. The molecule has 1 aromatic heterocycles. The summed E-state index contributed by atoms with van der Waals surface area (Å²) in [4.78, 5) is 16.5. The zero-order chi connectivity index (χ0) is 64.4. The highest BCUT2D eigenvalue weighted by molar-refractivity contribution is 7.00. The Hall–Kier alpha value is -13.5. The van der Waals surface area contributed by atoms with Gasteiger partial charge in [-0.1, -0.05) is 212 Å². The minimum atomic E-state index is -0.132. The van der Waals surface area contributed by atoms with Crippen molar-refractivity contribution in [2.24, 2.45) is 0 Å². The van der Waals surface area contributed by atoms with E-state index in [0.29, 0.717) is 33.8 Å². The van der Waals surface area contributed by atoms with Gasteiger partial charge in [0.05, 0.1) is 42.5 Å². The number of fused-ring (bicyclic) bond motifs is 7. The molecule has 0 bridgehead atoms. The molecule has 0 amide bonds. The van der Waals surface area contributed by atoms with E-state index in [0.717, 1.165) is 128 Å². The van der Waals surface area contributed by atoms with Gasteiger partial charge in [0, 0.05) is 50.5 Å². The first-order valence-electron chi connectivity index (χ1n) is 31.9. The molecule has 0 atom stereocenters. The highest BCUT2D eigenvalue weighted by Gasteiger charge is 2.44. The number of rotatable bonds is 10. The van der Waals surface area contributed by atoms with E-state index in [1.54, 1.807) is 24.3 Å². The Morgan fingerprint density at radius 2 is 0.771 bits per heavy atom. The summed E-state index contributed by atoms with van der Waals surface area (Å²) in [6.45, 7) is 24.2. The number of aromatic nitrogens is 1. The quantitative estimate of drug-likeness (QED) is 0.101. The van der Waals surface area contributed by atoms with Gasteiger partial charge in [0.15, 0.2) is 17.1 Å². The lowest BCUT2D eigenvalue weighted by Gasteiger charge is -2.44. The molecular weight excluding hydrogens is 1170 g/mol. The van der Waals surface area contributed by atoms with Crippen molar-refractivity contribution in [2.45, 2.75) is 0 Å². The van der Waals surface area contributed by atoms with Gasteiger partial charge in [0.25, 0.3) is 6.71 Å². The number of nitriles is 1. The van der Waals surface area contributed by atoms with Crippen molar-refractivity contribution in [3.63, 3.8) is 0 Å². The predicted octanol–water partition coefficient (Wildman–Crippen LogP) is 22.1. The zero-order valence-electron chi connectivity index (χ0n) is 51.7. The van der Waals surface area contributed by atoms with Crippen molar-refractivity contribution in [2.75, 3.05) is 9.80 Å². The molecule has 8 heteroatoms. The van der Waals surface area contributed by atoms with E-state index in [-0.39, 0.29) is 6.71 Å². The molecule has 3 heterocycles. The maximum atomic E-state index is 10.1. The molecule has 0 spiro atoms. The van der Waals surface area contributed by atoms with Crippen LogP contribution in [0.15, 0.2) is 315 Å². The molecule has 0 unspecified atom stereocenters. The van der Waals surface area contributed by atoms with Crippen molar-refractivity contribution in [3.8, 4) is 89.6 Å². The van der Waals surface area contributed by atoms with Gasteiger partial charge in [0.1, 0.15) is 0 Å². The fourth-order valence-electron chi connectivity index (χ4n) is 14.7. The molecule has 0 radical (unpaired) electrons. The number of anilines is 6. The third kappa shape index (κ3) is 9.49. The Morgan fingerprint density at radius 3 is 1.30 bits per heavy atom. The Balaban J connectivity index is 0.939. The van der Waals surface area contributed by atoms with Gasteiger partial charge in [-0.2, -0.15) is 5.26 Å². The molecule has 2 aliphatic heterocycles. The van der Waals surface area contributed by atoms with E-state index in [4.69, 9.17) is 19.7 Å². The van der Waals surface area contributed by atoms with E-state index in [1.807, 2.05) is 24.3 Å². The van der Waals surface area contributed by atoms with Gasteiger partial charge in [-0.15, -0.1) is 0 Å². The molecule has 17 rings (SSSR count). The molecule has 15 aromatic rings. The third-order valence-corrected chi connectivity index (χ3v) is 19.0. The van der Waals surface area contributed by atoms with E-state index in [2.05, 4.69) is 302 Å². The van der Waals surface area contributed by atoms with Crippen LogP contribution in [-0.4, -0.2) is 11.3 Å². The molecule has 0 saturated carbocycles. The van der Waals surface area contributed by atoms with Gasteiger partial charge in [-0.25, -0.2) is 14.5 Å². The van der Waals surface area contributed by atoms with E-state index in [1.165, 1.54) is 16.4 Å². The predicted molar refractivity (Wildman–Crippen MR) is 396 cm³/mol. The average molecular weight is 1220 g/mol. The number of benzene rings is 14. The van der Waals surface area contributed by atoms with Crippen molar-refractivity contribution in [3.05, 3.63) is 355 Å². The maximum absolute atomic E-state index is 10.1. The summed E-state index contributed by atoms with van der Waals surface area (Å²) in [7, 11) is 0. The van der Waals surface area contributed by atoms with Crippen LogP contribution in [-0.2, 0) is 0 Å². The second-order valence-electron chi connectivity index (χ2n) is 24.3. The Kier molecular flexibility index (Phi) is 13.7. The van der Waals surface area contributed by atoms with Crippen molar-refractivity contribution >= 4 is 96.1 Å². The van der Waals surface area contributed by atoms with Crippen LogP contribution in [0.5, 0.6) is 0 Å². The maximum Gasteiger partial charge on any atom is 0.252 e. The SMILES string of the molecule is [C-]#[N+]c1ccc(-c2ccc(-n3c4ccccc4c4cc(-c5cc6c7c(c5)N(c5cc(-c8ccccc8)cc(-c8ccccc8)c5)c5ccccc5B7c5ccccc5N6c5cc(-c6ccccc6)cc(-c6ccccc6)c5)ccc43)c(-c3ccc(C#N)cc3[N+]#[C-])c2)c([N+]#[C-])c1. The van der Waals surface area contributed by atoms with Crippen molar-refractivity contribution in [1.29, 1.82) is 5.26 Å². The van der Waals surface area contributed by atoms with Crippen LogP contribution in [0.4, 0.5) is 51.2 Å². The van der Waals surface area contributed by atoms with Crippen molar-refractivity contribution < 1.29 is 0 Å². The van der Waals surface area contributed by atoms with E-state index < -0.39 is 0 Å². The van der Waals surface area contributed by atoms with Gasteiger partial charge in [0.2, 0.25) is 0 Å². The van der Waals surface area contributed by atoms with Gasteiger partial charge in [-0.3, -0.25) is 0 Å². The number of para-hydroxylation sites is 3. The highest BCUT2D eigenvalue weighted by atomic mass is 15.2. The average Bonchev–Trinajstić information content (AvgIpc) is 0.784. The fourth-order valence-corrected chi connectivity index (χ4v) is 14.7. The molecule has 0 N–H and O–H groups in total. The molecule has 2 aliphatic rings. The zero-order valence-corrected chi connectivity index (χ0v) is 51.7. The topological polar surface area (TPSA) is 48.3 Å². The Morgan fingerprint density at radius 1 is 0.302 bits per heavy atom. The molecule has 7 nitrogen and oxygen atoms in total.